The van der Waals surface area contributed by atoms with Crippen molar-refractivity contribution in [3.05, 3.63) is 0 Å². The number of carbonyl (C=O) groups excluding carboxylic acids is 1. The number of aliphatic hydroxyl groups excluding tert-OH is 1. The number of amides is 1. The predicted molar refractivity (Wildman–Crippen MR) is 63.6 cm³/mol. The van der Waals surface area contributed by atoms with Crippen molar-refractivity contribution < 1.29 is 14.6 Å². The summed E-state index contributed by atoms with van der Waals surface area (Å²) in [5, 5.41) is 13.0. The lowest BCUT2D eigenvalue weighted by molar-refractivity contribution is -0.135. The molecule has 0 bridgehead atoms. The van der Waals surface area contributed by atoms with Gasteiger partial charge in [-0.05, 0) is 26.3 Å². The van der Waals surface area contributed by atoms with Gasteiger partial charge in [-0.25, -0.2) is 0 Å². The minimum Gasteiger partial charge on any atom is -0.388 e. The van der Waals surface area contributed by atoms with Gasteiger partial charge in [-0.2, -0.15) is 0 Å². The molecule has 2 saturated heterocycles. The van der Waals surface area contributed by atoms with E-state index in [1.165, 1.54) is 0 Å². The van der Waals surface area contributed by atoms with Crippen LogP contribution in [0.3, 0.4) is 0 Å². The van der Waals surface area contributed by atoms with Gasteiger partial charge in [-0.15, -0.1) is 0 Å². The maximum atomic E-state index is 12.2. The Morgan fingerprint density at radius 2 is 2.35 bits per heavy atom. The van der Waals surface area contributed by atoms with Gasteiger partial charge in [0.1, 0.15) is 6.10 Å². The summed E-state index contributed by atoms with van der Waals surface area (Å²) in [6.45, 7) is 5.21. The van der Waals surface area contributed by atoms with Crippen molar-refractivity contribution in [2.24, 2.45) is 5.92 Å². The number of β-amino-alcohol motifs (C(OH)–C–C–N with tert-alkyl or cyclic N) is 1. The molecule has 0 aliphatic carbocycles. The van der Waals surface area contributed by atoms with Crippen LogP contribution in [0.25, 0.3) is 0 Å². The summed E-state index contributed by atoms with van der Waals surface area (Å²) in [5.41, 5.74) is 0. The number of hydrogen-bond donors (Lipinski definition) is 2. The lowest BCUT2D eigenvalue weighted by atomic mass is 9.98. The maximum Gasteiger partial charge on any atom is 0.227 e. The molecule has 98 valence electrons. The minimum atomic E-state index is -0.532. The van der Waals surface area contributed by atoms with Gasteiger partial charge in [0.25, 0.3) is 0 Å². The van der Waals surface area contributed by atoms with Crippen LogP contribution in [0.2, 0.25) is 0 Å². The van der Waals surface area contributed by atoms with E-state index in [0.717, 1.165) is 25.9 Å². The summed E-state index contributed by atoms with van der Waals surface area (Å²) in [6.07, 6.45) is 1.27. The van der Waals surface area contributed by atoms with E-state index in [1.807, 2.05) is 6.92 Å². The fourth-order valence-corrected chi connectivity index (χ4v) is 2.64. The number of carbonyl (C=O) groups is 1. The average Bonchev–Trinajstić information content (AvgIpc) is 2.72. The highest BCUT2D eigenvalue weighted by Gasteiger charge is 2.37. The Hall–Kier alpha value is -0.650. The Labute approximate surface area is 102 Å². The molecule has 0 aromatic rings. The normalized spacial score (nSPS) is 34.0. The number of ether oxygens (including phenoxy) is 1. The number of rotatable bonds is 3. The molecule has 2 rings (SSSR count). The van der Waals surface area contributed by atoms with E-state index in [9.17, 15) is 9.90 Å². The van der Waals surface area contributed by atoms with Gasteiger partial charge < -0.3 is 20.1 Å². The van der Waals surface area contributed by atoms with E-state index in [-0.39, 0.29) is 17.9 Å². The van der Waals surface area contributed by atoms with E-state index in [0.29, 0.717) is 19.7 Å². The highest BCUT2D eigenvalue weighted by Crippen LogP contribution is 2.19. The Morgan fingerprint density at radius 1 is 1.53 bits per heavy atom. The summed E-state index contributed by atoms with van der Waals surface area (Å²) in [5.74, 6) is 0.245. The molecule has 5 nitrogen and oxygen atoms in total. The van der Waals surface area contributed by atoms with Gasteiger partial charge in [0.05, 0.1) is 12.0 Å². The van der Waals surface area contributed by atoms with Crippen LogP contribution < -0.4 is 5.32 Å². The minimum absolute atomic E-state index is 0.0799. The molecule has 3 atom stereocenters. The third-order valence-corrected chi connectivity index (χ3v) is 3.58. The summed E-state index contributed by atoms with van der Waals surface area (Å²) in [6, 6.07) is 0. The third-order valence-electron chi connectivity index (χ3n) is 3.58. The van der Waals surface area contributed by atoms with Crippen LogP contribution in [0.15, 0.2) is 0 Å². The monoisotopic (exact) mass is 242 g/mol. The zero-order chi connectivity index (χ0) is 12.3. The Kier molecular flexibility index (Phi) is 4.36. The van der Waals surface area contributed by atoms with Gasteiger partial charge in [0.15, 0.2) is 0 Å². The first kappa shape index (κ1) is 12.8. The molecule has 17 heavy (non-hydrogen) atoms. The topological polar surface area (TPSA) is 61.8 Å². The van der Waals surface area contributed by atoms with Crippen molar-refractivity contribution in [1.82, 2.24) is 10.2 Å². The zero-order valence-corrected chi connectivity index (χ0v) is 10.4. The molecule has 5 heteroatoms. The van der Waals surface area contributed by atoms with Gasteiger partial charge in [-0.3, -0.25) is 4.79 Å². The quantitative estimate of drug-likeness (QED) is 0.706. The molecule has 0 aromatic carbocycles. The van der Waals surface area contributed by atoms with Crippen LogP contribution in [0.5, 0.6) is 0 Å². The molecule has 2 aliphatic heterocycles. The molecule has 0 spiro atoms. The number of aliphatic hydroxyl groups is 1. The number of hydrogen-bond acceptors (Lipinski definition) is 4. The SMILES string of the molecule is CCO[C@@H]1CN(C(=O)[C@H]2CCCNC2)C[C@H]1O. The number of nitrogens with one attached hydrogen (secondary N) is 1. The van der Waals surface area contributed by atoms with E-state index in [2.05, 4.69) is 5.32 Å². The number of piperidine rings is 1. The molecule has 2 aliphatic rings. The molecule has 0 aromatic heterocycles. The van der Waals surface area contributed by atoms with E-state index in [4.69, 9.17) is 4.74 Å². The molecular weight excluding hydrogens is 220 g/mol. The predicted octanol–water partition coefficient (Wildman–Crippen LogP) is -0.406. The second-order valence-electron chi connectivity index (χ2n) is 4.85. The van der Waals surface area contributed by atoms with Crippen LogP contribution in [0, 0.1) is 5.92 Å². The largest absolute Gasteiger partial charge is 0.388 e. The van der Waals surface area contributed by atoms with Crippen molar-refractivity contribution in [2.75, 3.05) is 32.8 Å². The fraction of sp³-hybridized carbons (Fsp3) is 0.917. The second-order valence-corrected chi connectivity index (χ2v) is 4.85. The molecule has 1 amide bonds. The number of likely N-dealkylation sites (tertiary alicyclic amines) is 1. The van der Waals surface area contributed by atoms with Gasteiger partial charge in [0, 0.05) is 26.2 Å². The smallest absolute Gasteiger partial charge is 0.227 e. The Balaban J connectivity index is 1.88. The molecule has 0 radical (unpaired) electrons. The summed E-state index contributed by atoms with van der Waals surface area (Å²) < 4.78 is 5.42. The van der Waals surface area contributed by atoms with Crippen LogP contribution in [-0.4, -0.2) is 60.9 Å². The Morgan fingerprint density at radius 3 is 3.00 bits per heavy atom. The van der Waals surface area contributed by atoms with Crippen LogP contribution in [0.1, 0.15) is 19.8 Å². The van der Waals surface area contributed by atoms with Crippen molar-refractivity contribution in [2.45, 2.75) is 32.0 Å². The van der Waals surface area contributed by atoms with Crippen LogP contribution in [-0.2, 0) is 9.53 Å². The highest BCUT2D eigenvalue weighted by molar-refractivity contribution is 5.79. The zero-order valence-electron chi connectivity index (χ0n) is 10.4. The number of nitrogens with zero attached hydrogens (tertiary/aromatic N) is 1. The maximum absolute atomic E-state index is 12.2. The summed E-state index contributed by atoms with van der Waals surface area (Å²) in [7, 11) is 0. The van der Waals surface area contributed by atoms with Crippen molar-refractivity contribution in [3.8, 4) is 0 Å². The molecule has 0 saturated carbocycles. The highest BCUT2D eigenvalue weighted by atomic mass is 16.5. The first-order valence-electron chi connectivity index (χ1n) is 6.51. The van der Waals surface area contributed by atoms with E-state index < -0.39 is 6.10 Å². The molecule has 2 heterocycles. The first-order chi connectivity index (χ1) is 8.22. The van der Waals surface area contributed by atoms with Gasteiger partial charge in [-0.1, -0.05) is 0 Å². The van der Waals surface area contributed by atoms with E-state index in [1.54, 1.807) is 4.90 Å². The van der Waals surface area contributed by atoms with Gasteiger partial charge in [0.2, 0.25) is 5.91 Å². The van der Waals surface area contributed by atoms with Crippen molar-refractivity contribution >= 4 is 5.91 Å². The fourth-order valence-electron chi connectivity index (χ4n) is 2.64. The summed E-state index contributed by atoms with van der Waals surface area (Å²) >= 11 is 0. The molecule has 2 N–H and O–H groups in total. The van der Waals surface area contributed by atoms with Crippen molar-refractivity contribution in [3.63, 3.8) is 0 Å². The molecule has 0 unspecified atom stereocenters. The lowest BCUT2D eigenvalue weighted by Crippen LogP contribution is -2.42. The first-order valence-corrected chi connectivity index (χ1v) is 6.51. The van der Waals surface area contributed by atoms with Crippen molar-refractivity contribution in [1.29, 1.82) is 0 Å². The Bertz CT molecular complexity index is 266. The second kappa shape index (κ2) is 5.80. The van der Waals surface area contributed by atoms with E-state index >= 15 is 0 Å². The molecular formula is C12H22N2O3. The van der Waals surface area contributed by atoms with Crippen LogP contribution in [0.4, 0.5) is 0 Å². The third kappa shape index (κ3) is 2.97. The average molecular weight is 242 g/mol. The lowest BCUT2D eigenvalue weighted by Gasteiger charge is -2.26. The standard InChI is InChI=1S/C12H22N2O3/c1-2-17-11-8-14(7-10(11)15)12(16)9-4-3-5-13-6-9/h9-11,13,15H,2-8H2,1H3/t9-,10+,11+/m0/s1. The summed E-state index contributed by atoms with van der Waals surface area (Å²) in [4.78, 5) is 14.0. The molecule has 2 fully saturated rings. The van der Waals surface area contributed by atoms with Gasteiger partial charge >= 0.3 is 0 Å². The van der Waals surface area contributed by atoms with Crippen LogP contribution >= 0.6 is 0 Å².